The average Bonchev–Trinajstić information content (AvgIpc) is 2.64. The number of carbonyl (C=O) groups is 1. The van der Waals surface area contributed by atoms with E-state index in [0.29, 0.717) is 13.0 Å². The molecule has 0 bridgehead atoms. The van der Waals surface area contributed by atoms with E-state index in [2.05, 4.69) is 27.1 Å². The Hall–Kier alpha value is -2.19. The number of fused-ring (bicyclic) bond motifs is 1. The van der Waals surface area contributed by atoms with Gasteiger partial charge in [-0.15, -0.1) is 0 Å². The van der Waals surface area contributed by atoms with Gasteiger partial charge in [0, 0.05) is 44.3 Å². The van der Waals surface area contributed by atoms with E-state index in [4.69, 9.17) is 0 Å². The van der Waals surface area contributed by atoms with Crippen molar-refractivity contribution in [3.63, 3.8) is 0 Å². The van der Waals surface area contributed by atoms with Crippen LogP contribution in [0.25, 0.3) is 10.9 Å². The lowest BCUT2D eigenvalue weighted by molar-refractivity contribution is -0.136. The van der Waals surface area contributed by atoms with Crippen molar-refractivity contribution in [2.75, 3.05) is 46.3 Å². The summed E-state index contributed by atoms with van der Waals surface area (Å²) < 4.78 is 40.7. The lowest BCUT2D eigenvalue weighted by atomic mass is 10.0. The van der Waals surface area contributed by atoms with Gasteiger partial charge in [-0.1, -0.05) is 18.2 Å². The molecule has 1 aromatic carbocycles. The SMILES string of the molecule is CN1CCN(CCCNC(=O)c2cnc3ccccc3c2C(F)(F)F)CC1. The van der Waals surface area contributed by atoms with E-state index in [1.165, 1.54) is 18.2 Å². The number of rotatable bonds is 5. The summed E-state index contributed by atoms with van der Waals surface area (Å²) in [6.07, 6.45) is -2.92. The Kier molecular flexibility index (Phi) is 5.96. The second-order valence-electron chi connectivity index (χ2n) is 6.82. The summed E-state index contributed by atoms with van der Waals surface area (Å²) in [4.78, 5) is 20.9. The van der Waals surface area contributed by atoms with Gasteiger partial charge in [0.2, 0.25) is 0 Å². The molecule has 0 saturated carbocycles. The number of piperazine rings is 1. The van der Waals surface area contributed by atoms with Gasteiger partial charge in [0.1, 0.15) is 0 Å². The number of nitrogens with zero attached hydrogens (tertiary/aromatic N) is 3. The number of para-hydroxylation sites is 1. The Balaban J connectivity index is 1.65. The Morgan fingerprint density at radius 1 is 1.19 bits per heavy atom. The molecule has 1 aromatic heterocycles. The van der Waals surface area contributed by atoms with Crippen molar-refractivity contribution in [1.29, 1.82) is 0 Å². The van der Waals surface area contributed by atoms with Gasteiger partial charge in [0.05, 0.1) is 16.6 Å². The molecule has 0 atom stereocenters. The van der Waals surface area contributed by atoms with Crippen LogP contribution in [0, 0.1) is 0 Å². The summed E-state index contributed by atoms with van der Waals surface area (Å²) in [5, 5.41) is 2.55. The molecule has 5 nitrogen and oxygen atoms in total. The van der Waals surface area contributed by atoms with E-state index in [0.717, 1.165) is 38.9 Å². The highest BCUT2D eigenvalue weighted by Gasteiger charge is 2.37. The van der Waals surface area contributed by atoms with Crippen LogP contribution in [0.1, 0.15) is 22.3 Å². The molecule has 0 radical (unpaired) electrons. The smallest absolute Gasteiger partial charge is 0.352 e. The molecule has 0 unspecified atom stereocenters. The summed E-state index contributed by atoms with van der Waals surface area (Å²) in [6, 6.07) is 5.97. The zero-order valence-electron chi connectivity index (χ0n) is 15.2. The second-order valence-corrected chi connectivity index (χ2v) is 6.82. The maximum atomic E-state index is 13.6. The first-order valence-electron chi connectivity index (χ1n) is 9.00. The second kappa shape index (κ2) is 8.22. The van der Waals surface area contributed by atoms with Crippen molar-refractivity contribution in [3.05, 3.63) is 41.6 Å². The van der Waals surface area contributed by atoms with Gasteiger partial charge in [0.15, 0.2) is 0 Å². The highest BCUT2D eigenvalue weighted by molar-refractivity contribution is 6.00. The molecule has 0 aliphatic carbocycles. The van der Waals surface area contributed by atoms with Crippen molar-refractivity contribution in [1.82, 2.24) is 20.1 Å². The number of alkyl halides is 3. The number of pyridine rings is 1. The molecule has 1 fully saturated rings. The van der Waals surface area contributed by atoms with E-state index in [9.17, 15) is 18.0 Å². The van der Waals surface area contributed by atoms with Gasteiger partial charge in [0.25, 0.3) is 5.91 Å². The number of amides is 1. The molecule has 8 heteroatoms. The van der Waals surface area contributed by atoms with Gasteiger partial charge < -0.3 is 15.1 Å². The van der Waals surface area contributed by atoms with Crippen LogP contribution < -0.4 is 5.32 Å². The fraction of sp³-hybridized carbons (Fsp3) is 0.474. The van der Waals surface area contributed by atoms with E-state index >= 15 is 0 Å². The Morgan fingerprint density at radius 2 is 1.89 bits per heavy atom. The maximum absolute atomic E-state index is 13.6. The highest BCUT2D eigenvalue weighted by atomic mass is 19.4. The summed E-state index contributed by atoms with van der Waals surface area (Å²) in [7, 11) is 2.08. The molecule has 1 amide bonds. The van der Waals surface area contributed by atoms with E-state index < -0.39 is 23.2 Å². The van der Waals surface area contributed by atoms with Crippen LogP contribution in [0.4, 0.5) is 13.2 Å². The fourth-order valence-electron chi connectivity index (χ4n) is 3.29. The van der Waals surface area contributed by atoms with Crippen LogP contribution in [-0.4, -0.2) is 67.0 Å². The number of aromatic nitrogens is 1. The number of carbonyl (C=O) groups excluding carboxylic acids is 1. The fourth-order valence-corrected chi connectivity index (χ4v) is 3.29. The number of nitrogens with one attached hydrogen (secondary N) is 1. The molecule has 1 saturated heterocycles. The Morgan fingerprint density at radius 3 is 2.59 bits per heavy atom. The molecule has 2 aromatic rings. The molecule has 1 N–H and O–H groups in total. The van der Waals surface area contributed by atoms with Crippen LogP contribution >= 0.6 is 0 Å². The monoisotopic (exact) mass is 380 g/mol. The van der Waals surface area contributed by atoms with Crippen LogP contribution in [-0.2, 0) is 6.18 Å². The summed E-state index contributed by atoms with van der Waals surface area (Å²) in [5.74, 6) is -0.737. The molecule has 0 spiro atoms. The van der Waals surface area contributed by atoms with E-state index in [-0.39, 0.29) is 10.9 Å². The number of hydrogen-bond donors (Lipinski definition) is 1. The minimum absolute atomic E-state index is 0.0601. The Bertz CT molecular complexity index is 801. The Labute approximate surface area is 156 Å². The number of halogens is 3. The topological polar surface area (TPSA) is 48.5 Å². The molecule has 27 heavy (non-hydrogen) atoms. The third-order valence-electron chi connectivity index (χ3n) is 4.84. The minimum Gasteiger partial charge on any atom is -0.352 e. The summed E-state index contributed by atoms with van der Waals surface area (Å²) in [5.41, 5.74) is -1.14. The quantitative estimate of drug-likeness (QED) is 0.811. The number of hydrogen-bond acceptors (Lipinski definition) is 4. The molecule has 2 heterocycles. The number of benzene rings is 1. The van der Waals surface area contributed by atoms with Gasteiger partial charge in [-0.25, -0.2) is 0 Å². The molecule has 1 aliphatic rings. The summed E-state index contributed by atoms with van der Waals surface area (Å²) >= 11 is 0. The summed E-state index contributed by atoms with van der Waals surface area (Å²) in [6.45, 7) is 5.09. The van der Waals surface area contributed by atoms with Gasteiger partial charge in [-0.3, -0.25) is 9.78 Å². The van der Waals surface area contributed by atoms with Crippen molar-refractivity contribution in [2.45, 2.75) is 12.6 Å². The third kappa shape index (κ3) is 4.75. The predicted octanol–water partition coefficient (Wildman–Crippen LogP) is 2.62. The lowest BCUT2D eigenvalue weighted by Crippen LogP contribution is -2.45. The third-order valence-corrected chi connectivity index (χ3v) is 4.84. The van der Waals surface area contributed by atoms with E-state index in [1.54, 1.807) is 6.07 Å². The molecular formula is C19H23F3N4O. The molecular weight excluding hydrogens is 357 g/mol. The normalized spacial score (nSPS) is 16.6. The maximum Gasteiger partial charge on any atom is 0.417 e. The van der Waals surface area contributed by atoms with Gasteiger partial charge in [-0.2, -0.15) is 13.2 Å². The van der Waals surface area contributed by atoms with Gasteiger partial charge >= 0.3 is 6.18 Å². The molecule has 146 valence electrons. The standard InChI is InChI=1S/C19H23F3N4O/c1-25-9-11-26(12-10-25)8-4-7-23-18(27)15-13-24-16-6-3-2-5-14(16)17(15)19(20,21)22/h2-3,5-6,13H,4,7-12H2,1H3,(H,23,27). The minimum atomic E-state index is -4.63. The van der Waals surface area contributed by atoms with Crippen LogP contribution in [0.3, 0.4) is 0 Å². The highest BCUT2D eigenvalue weighted by Crippen LogP contribution is 2.36. The van der Waals surface area contributed by atoms with Gasteiger partial charge in [-0.05, 0) is 26.1 Å². The first-order chi connectivity index (χ1) is 12.9. The van der Waals surface area contributed by atoms with E-state index in [1.807, 2.05) is 0 Å². The molecule has 3 rings (SSSR count). The van der Waals surface area contributed by atoms with Crippen LogP contribution in [0.5, 0.6) is 0 Å². The lowest BCUT2D eigenvalue weighted by Gasteiger charge is -2.32. The first kappa shape index (κ1) is 19.6. The average molecular weight is 380 g/mol. The van der Waals surface area contributed by atoms with Crippen LogP contribution in [0.15, 0.2) is 30.5 Å². The van der Waals surface area contributed by atoms with Crippen LogP contribution in [0.2, 0.25) is 0 Å². The first-order valence-corrected chi connectivity index (χ1v) is 9.00. The number of likely N-dealkylation sites (N-methyl/N-ethyl adjacent to an activating group) is 1. The zero-order chi connectivity index (χ0) is 19.4. The van der Waals surface area contributed by atoms with Crippen molar-refractivity contribution in [2.24, 2.45) is 0 Å². The van der Waals surface area contributed by atoms with Crippen molar-refractivity contribution in [3.8, 4) is 0 Å². The van der Waals surface area contributed by atoms with Crippen molar-refractivity contribution >= 4 is 16.8 Å². The largest absolute Gasteiger partial charge is 0.417 e. The van der Waals surface area contributed by atoms with Crippen molar-refractivity contribution < 1.29 is 18.0 Å². The zero-order valence-corrected chi connectivity index (χ0v) is 15.2. The predicted molar refractivity (Wildman–Crippen MR) is 97.6 cm³/mol. The molecule has 1 aliphatic heterocycles.